The summed E-state index contributed by atoms with van der Waals surface area (Å²) in [5.74, 6) is 0.0301. The molecule has 0 radical (unpaired) electrons. The Morgan fingerprint density at radius 2 is 2.00 bits per heavy atom. The second-order valence-electron chi connectivity index (χ2n) is 6.56. The maximum Gasteiger partial charge on any atom is 0.378 e. The van der Waals surface area contributed by atoms with Crippen LogP contribution in [0.3, 0.4) is 0 Å². The number of ether oxygens (including phenoxy) is 1. The van der Waals surface area contributed by atoms with Gasteiger partial charge >= 0.3 is 5.97 Å². The maximum atomic E-state index is 12.4. The summed E-state index contributed by atoms with van der Waals surface area (Å²) in [6, 6.07) is 9.87. The van der Waals surface area contributed by atoms with Gasteiger partial charge < -0.3 is 9.72 Å². The van der Waals surface area contributed by atoms with Gasteiger partial charge in [-0.25, -0.2) is 9.48 Å². The van der Waals surface area contributed by atoms with E-state index >= 15 is 0 Å². The minimum atomic E-state index is -0.569. The number of aromatic amines is 1. The largest absolute Gasteiger partial charge is 0.460 e. The van der Waals surface area contributed by atoms with Gasteiger partial charge in [-0.1, -0.05) is 18.2 Å². The quantitative estimate of drug-likeness (QED) is 0.486. The standard InChI is InChI=1S/C19H17N7O2/c1-4-28-19(27)18-22-21-16-14-12-7-5-6-8-13(12)20-15(14)17(24-26(16)18)25-11(3)9-10(2)23-25/h5-9,20H,4H2,1-3H3. The predicted octanol–water partition coefficient (Wildman–Crippen LogP) is 2.74. The number of H-pyrrole nitrogens is 1. The lowest BCUT2D eigenvalue weighted by Gasteiger charge is -2.07. The first kappa shape index (κ1) is 16.4. The summed E-state index contributed by atoms with van der Waals surface area (Å²) in [5, 5.41) is 19.3. The van der Waals surface area contributed by atoms with Crippen molar-refractivity contribution in [3.63, 3.8) is 0 Å². The molecule has 1 N–H and O–H groups in total. The Hall–Kier alpha value is -3.75. The fourth-order valence-electron chi connectivity index (χ4n) is 3.53. The number of hydrogen-bond donors (Lipinski definition) is 1. The molecule has 9 nitrogen and oxygen atoms in total. The van der Waals surface area contributed by atoms with Crippen LogP contribution in [0.1, 0.15) is 28.9 Å². The van der Waals surface area contributed by atoms with Crippen molar-refractivity contribution >= 4 is 33.4 Å². The van der Waals surface area contributed by atoms with E-state index in [1.54, 1.807) is 11.6 Å². The Kier molecular flexibility index (Phi) is 3.45. The molecule has 5 aromatic rings. The first-order valence-electron chi connectivity index (χ1n) is 8.95. The van der Waals surface area contributed by atoms with E-state index in [0.29, 0.717) is 11.5 Å². The molecule has 0 spiro atoms. The highest BCUT2D eigenvalue weighted by Crippen LogP contribution is 2.31. The summed E-state index contributed by atoms with van der Waals surface area (Å²) in [6.07, 6.45) is 0. The van der Waals surface area contributed by atoms with Gasteiger partial charge in [0, 0.05) is 16.6 Å². The third-order valence-corrected chi connectivity index (χ3v) is 4.66. The van der Waals surface area contributed by atoms with Gasteiger partial charge in [0.15, 0.2) is 11.5 Å². The summed E-state index contributed by atoms with van der Waals surface area (Å²) in [6.45, 7) is 5.87. The van der Waals surface area contributed by atoms with Gasteiger partial charge in [0.25, 0.3) is 5.82 Å². The zero-order valence-corrected chi connectivity index (χ0v) is 15.6. The molecule has 5 rings (SSSR count). The molecule has 4 aromatic heterocycles. The molecular weight excluding hydrogens is 358 g/mol. The van der Waals surface area contributed by atoms with E-state index in [1.807, 2.05) is 44.2 Å². The van der Waals surface area contributed by atoms with Crippen molar-refractivity contribution in [3.05, 3.63) is 47.5 Å². The topological polar surface area (TPSA) is 103 Å². The van der Waals surface area contributed by atoms with Gasteiger partial charge in [-0.15, -0.1) is 15.3 Å². The summed E-state index contributed by atoms with van der Waals surface area (Å²) in [4.78, 5) is 15.8. The van der Waals surface area contributed by atoms with Crippen molar-refractivity contribution in [2.75, 3.05) is 6.61 Å². The van der Waals surface area contributed by atoms with E-state index in [-0.39, 0.29) is 12.4 Å². The highest BCUT2D eigenvalue weighted by molar-refractivity contribution is 6.15. The molecular formula is C19H17N7O2. The van der Waals surface area contributed by atoms with Crippen LogP contribution in [-0.2, 0) is 4.74 Å². The molecule has 0 bridgehead atoms. The molecule has 0 aliphatic heterocycles. The second-order valence-corrected chi connectivity index (χ2v) is 6.56. The molecule has 0 saturated carbocycles. The van der Waals surface area contributed by atoms with Crippen LogP contribution in [0.4, 0.5) is 0 Å². The van der Waals surface area contributed by atoms with Crippen molar-refractivity contribution in [2.45, 2.75) is 20.8 Å². The van der Waals surface area contributed by atoms with Gasteiger partial charge in [0.05, 0.1) is 23.2 Å². The second kappa shape index (κ2) is 5.88. The molecule has 9 heteroatoms. The van der Waals surface area contributed by atoms with Crippen LogP contribution in [0.15, 0.2) is 30.3 Å². The number of fused-ring (bicyclic) bond motifs is 5. The Balaban J connectivity index is 1.95. The van der Waals surface area contributed by atoms with Crippen molar-refractivity contribution in [2.24, 2.45) is 0 Å². The lowest BCUT2D eigenvalue weighted by Crippen LogP contribution is -2.13. The third-order valence-electron chi connectivity index (χ3n) is 4.66. The molecule has 0 aliphatic rings. The number of esters is 1. The number of aromatic nitrogens is 7. The minimum Gasteiger partial charge on any atom is -0.460 e. The molecule has 4 heterocycles. The van der Waals surface area contributed by atoms with Gasteiger partial charge in [0.2, 0.25) is 0 Å². The van der Waals surface area contributed by atoms with E-state index in [4.69, 9.17) is 4.74 Å². The van der Waals surface area contributed by atoms with Crippen LogP contribution in [0.2, 0.25) is 0 Å². The summed E-state index contributed by atoms with van der Waals surface area (Å²) in [7, 11) is 0. The van der Waals surface area contributed by atoms with Crippen LogP contribution in [0.25, 0.3) is 33.3 Å². The van der Waals surface area contributed by atoms with Crippen LogP contribution in [-0.4, -0.2) is 47.2 Å². The summed E-state index contributed by atoms with van der Waals surface area (Å²) >= 11 is 0. The molecule has 0 aliphatic carbocycles. The van der Waals surface area contributed by atoms with Crippen molar-refractivity contribution in [1.82, 2.24) is 34.6 Å². The fraction of sp³-hybridized carbons (Fsp3) is 0.211. The Labute approximate surface area is 158 Å². The van der Waals surface area contributed by atoms with Crippen LogP contribution < -0.4 is 0 Å². The number of para-hydroxylation sites is 1. The van der Waals surface area contributed by atoms with Crippen LogP contribution >= 0.6 is 0 Å². The van der Waals surface area contributed by atoms with Gasteiger partial charge in [-0.3, -0.25) is 0 Å². The highest BCUT2D eigenvalue weighted by atomic mass is 16.5. The number of rotatable bonds is 3. The molecule has 0 amide bonds. The molecule has 0 unspecified atom stereocenters. The third kappa shape index (κ3) is 2.22. The molecule has 1 aromatic carbocycles. The SMILES string of the molecule is CCOC(=O)c1nnc2c3c([nH]c4ccccc43)c(-n3nc(C)cc3C)nn12. The van der Waals surface area contributed by atoms with Gasteiger partial charge in [0.1, 0.15) is 0 Å². The van der Waals surface area contributed by atoms with Crippen molar-refractivity contribution in [1.29, 1.82) is 0 Å². The number of nitrogens with zero attached hydrogens (tertiary/aromatic N) is 6. The zero-order chi connectivity index (χ0) is 19.4. The molecule has 0 saturated heterocycles. The number of benzene rings is 1. The zero-order valence-electron chi connectivity index (χ0n) is 15.6. The van der Waals surface area contributed by atoms with E-state index in [9.17, 15) is 4.79 Å². The molecule has 0 fully saturated rings. The predicted molar refractivity (Wildman–Crippen MR) is 103 cm³/mol. The first-order chi connectivity index (χ1) is 13.6. The number of aryl methyl sites for hydroxylation is 2. The Bertz CT molecular complexity index is 1380. The molecule has 140 valence electrons. The van der Waals surface area contributed by atoms with E-state index in [0.717, 1.165) is 33.2 Å². The Morgan fingerprint density at radius 3 is 2.75 bits per heavy atom. The van der Waals surface area contributed by atoms with Crippen LogP contribution in [0.5, 0.6) is 0 Å². The average molecular weight is 375 g/mol. The van der Waals surface area contributed by atoms with Crippen molar-refractivity contribution in [3.8, 4) is 5.82 Å². The monoisotopic (exact) mass is 375 g/mol. The first-order valence-corrected chi connectivity index (χ1v) is 8.95. The van der Waals surface area contributed by atoms with Crippen molar-refractivity contribution < 1.29 is 9.53 Å². The summed E-state index contributed by atoms with van der Waals surface area (Å²) < 4.78 is 8.30. The van der Waals surface area contributed by atoms with E-state index < -0.39 is 5.97 Å². The number of hydrogen-bond acceptors (Lipinski definition) is 6. The summed E-state index contributed by atoms with van der Waals surface area (Å²) in [5.41, 5.74) is 4.01. The lowest BCUT2D eigenvalue weighted by molar-refractivity contribution is 0.0509. The van der Waals surface area contributed by atoms with Gasteiger partial charge in [-0.05, 0) is 32.9 Å². The lowest BCUT2D eigenvalue weighted by atomic mass is 10.2. The van der Waals surface area contributed by atoms with Gasteiger partial charge in [-0.2, -0.15) is 9.61 Å². The normalized spacial score (nSPS) is 11.7. The average Bonchev–Trinajstić information content (AvgIpc) is 3.35. The maximum absolute atomic E-state index is 12.4. The van der Waals surface area contributed by atoms with Crippen LogP contribution in [0, 0.1) is 13.8 Å². The fourth-order valence-corrected chi connectivity index (χ4v) is 3.53. The molecule has 0 atom stereocenters. The number of nitrogens with one attached hydrogen (secondary N) is 1. The number of carbonyl (C=O) groups is 1. The van der Waals surface area contributed by atoms with E-state index in [2.05, 4.69) is 25.4 Å². The highest BCUT2D eigenvalue weighted by Gasteiger charge is 2.24. The minimum absolute atomic E-state index is 0.0341. The molecule has 28 heavy (non-hydrogen) atoms. The van der Waals surface area contributed by atoms with E-state index in [1.165, 1.54) is 4.52 Å². The smallest absolute Gasteiger partial charge is 0.378 e. The number of carbonyl (C=O) groups excluding carboxylic acids is 1. The Morgan fingerprint density at radius 1 is 1.18 bits per heavy atom.